The summed E-state index contributed by atoms with van der Waals surface area (Å²) in [6.45, 7) is 0. The van der Waals surface area contributed by atoms with E-state index in [2.05, 4.69) is 38.9 Å². The minimum Gasteiger partial charge on any atom is -0.789 e. The Hall–Kier alpha value is 2.24. The van der Waals surface area contributed by atoms with Crippen LogP contribution in [-0.2, 0) is 54.4 Å². The second kappa shape index (κ2) is 20.6. The number of rotatable bonds is 8. The minimum atomic E-state index is -5.03. The molecule has 19 heteroatoms. The molecule has 0 heterocycles. The largest absolute Gasteiger partial charge is 1.00 e. The van der Waals surface area contributed by atoms with Crippen molar-refractivity contribution in [3.05, 3.63) is 0 Å². The number of nitrogens with one attached hydrogen (secondary N) is 1. The van der Waals surface area contributed by atoms with Crippen LogP contribution in [0.2, 0.25) is 0 Å². The Bertz CT molecular complexity index is 390. The Morgan fingerprint density at radius 2 is 1.00 bits per heavy atom. The quantitative estimate of drug-likeness (QED) is 0.121. The fraction of sp³-hybridized carbons (Fsp3) is 1.00. The summed E-state index contributed by atoms with van der Waals surface area (Å²) in [5.74, 6) is -0.814. The molecule has 0 amide bonds. The molecule has 13 nitrogen and oxygen atoms in total. The molecule has 0 aromatic carbocycles. The van der Waals surface area contributed by atoms with Crippen molar-refractivity contribution in [1.82, 2.24) is 5.32 Å². The Kier molecular flexibility index (Phi) is 39.8. The standard InChI is InChI=1S/C4H11NO8S4.2Na.4H2O/c6-16(7,8)12-3(1-14)5-4(2-15)13-17(9,10)11;;;;;;/h3-5,14-15H,1-2H2,(H,6,7,8)(H,9,10,11);;;4*1H2/q;2*+1;;;;/p-4. The van der Waals surface area contributed by atoms with Crippen LogP contribution in [0.3, 0.4) is 0 Å². The Morgan fingerprint density at radius 3 is 1.13 bits per heavy atom. The van der Waals surface area contributed by atoms with Crippen molar-refractivity contribution in [1.29, 1.82) is 0 Å². The second-order valence-corrected chi connectivity index (χ2v) is 5.17. The van der Waals surface area contributed by atoms with E-state index in [0.29, 0.717) is 0 Å². The van der Waals surface area contributed by atoms with E-state index in [4.69, 9.17) is 0 Å². The van der Waals surface area contributed by atoms with Crippen molar-refractivity contribution in [3.63, 3.8) is 0 Å². The van der Waals surface area contributed by atoms with Crippen LogP contribution in [0.4, 0.5) is 0 Å². The molecule has 0 saturated carbocycles. The zero-order valence-electron chi connectivity index (χ0n) is 12.0. The molecule has 0 aliphatic heterocycles. The van der Waals surface area contributed by atoms with E-state index in [9.17, 15) is 25.9 Å². The van der Waals surface area contributed by atoms with Crippen molar-refractivity contribution in [2.75, 3.05) is 11.5 Å². The Morgan fingerprint density at radius 1 is 0.783 bits per heavy atom. The molecule has 0 bridgehead atoms. The van der Waals surface area contributed by atoms with Gasteiger partial charge in [-0.1, -0.05) is 0 Å². The van der Waals surface area contributed by atoms with E-state index in [-0.39, 0.29) is 81.0 Å². The average Bonchev–Trinajstić information content (AvgIpc) is 2.11. The molecule has 0 aliphatic rings. The third kappa shape index (κ3) is 29.3. The first-order valence-electron chi connectivity index (χ1n) is 3.78. The third-order valence-corrected chi connectivity index (χ3v) is 2.68. The van der Waals surface area contributed by atoms with Crippen LogP contribution in [0.5, 0.6) is 0 Å². The molecule has 0 aliphatic carbocycles. The molecule has 0 saturated heterocycles. The topological polar surface area (TPSA) is 271 Å². The van der Waals surface area contributed by atoms with Gasteiger partial charge in [-0.25, -0.2) is 16.8 Å². The first-order valence-corrected chi connectivity index (χ1v) is 7.60. The van der Waals surface area contributed by atoms with Gasteiger partial charge < -0.3 is 56.3 Å². The molecule has 2 atom stereocenters. The van der Waals surface area contributed by atoms with Crippen LogP contribution in [0.25, 0.3) is 0 Å². The molecule has 2 unspecified atom stereocenters. The summed E-state index contributed by atoms with van der Waals surface area (Å²) >= 11 is 8.88. The van der Waals surface area contributed by atoms with Gasteiger partial charge in [-0.3, -0.25) is 13.7 Å². The maximum Gasteiger partial charge on any atom is 1.00 e. The van der Waals surface area contributed by atoms with Gasteiger partial charge >= 0.3 is 59.1 Å². The van der Waals surface area contributed by atoms with Crippen LogP contribution in [0, 0.1) is 0 Å². The summed E-state index contributed by atoms with van der Waals surface area (Å²) in [5, 5.41) is 2.06. The second-order valence-electron chi connectivity index (χ2n) is 2.49. The van der Waals surface area contributed by atoms with Crippen LogP contribution in [0.15, 0.2) is 0 Å². The van der Waals surface area contributed by atoms with Gasteiger partial charge in [0.1, 0.15) is 12.5 Å². The molecule has 23 heavy (non-hydrogen) atoms. The molecule has 0 fully saturated rings. The molecule has 0 radical (unpaired) electrons. The van der Waals surface area contributed by atoms with E-state index in [1.807, 2.05) is 0 Å². The third-order valence-electron chi connectivity index (χ3n) is 1.14. The van der Waals surface area contributed by atoms with Gasteiger partial charge in [0.05, 0.1) is 0 Å². The average molecular weight is 443 g/mol. The van der Waals surface area contributed by atoms with E-state index in [1.165, 1.54) is 0 Å². The molecule has 0 rings (SSSR count). The van der Waals surface area contributed by atoms with Crippen LogP contribution >= 0.6 is 0 Å². The minimum absolute atomic E-state index is 0. The van der Waals surface area contributed by atoms with E-state index >= 15 is 0 Å². The molecule has 0 aromatic rings. The van der Waals surface area contributed by atoms with Gasteiger partial charge in [-0.2, -0.15) is 0 Å². The predicted octanol–water partition coefficient (Wildman–Crippen LogP) is -12.0. The molecule has 0 spiro atoms. The summed E-state index contributed by atoms with van der Waals surface area (Å²) in [6, 6.07) is 0. The molecule has 9 N–H and O–H groups in total. The Balaban J connectivity index is -0.0000000853. The monoisotopic (exact) mass is 443 g/mol. The van der Waals surface area contributed by atoms with Crippen molar-refractivity contribution in [2.45, 2.75) is 12.5 Å². The summed E-state index contributed by atoms with van der Waals surface area (Å²) < 4.78 is 69.3. The van der Waals surface area contributed by atoms with Crippen molar-refractivity contribution >= 4 is 46.1 Å². The Labute approximate surface area is 188 Å². The fourth-order valence-electron chi connectivity index (χ4n) is 0.699. The van der Waals surface area contributed by atoms with Gasteiger partial charge in [-0.05, 0) is 0 Å². The first-order chi connectivity index (χ1) is 7.57. The summed E-state index contributed by atoms with van der Waals surface area (Å²) in [6.07, 6.45) is -3.02. The van der Waals surface area contributed by atoms with Crippen molar-refractivity contribution in [3.8, 4) is 0 Å². The molecular formula is C4H15NNa2O12S4-2. The van der Waals surface area contributed by atoms with Crippen LogP contribution in [-0.4, -0.2) is 71.8 Å². The van der Waals surface area contributed by atoms with Crippen LogP contribution in [0.1, 0.15) is 0 Å². The maximum absolute atomic E-state index is 10.2. The van der Waals surface area contributed by atoms with Crippen LogP contribution < -0.4 is 64.4 Å². The van der Waals surface area contributed by atoms with Gasteiger partial charge in [0.15, 0.2) is 0 Å². The summed E-state index contributed by atoms with van der Waals surface area (Å²) in [4.78, 5) is 0. The smallest absolute Gasteiger partial charge is 0.789 e. The van der Waals surface area contributed by atoms with Crippen molar-refractivity contribution < 1.29 is 115 Å². The van der Waals surface area contributed by atoms with E-state index < -0.39 is 44.8 Å². The number of hydrogen-bond acceptors (Lipinski definition) is 11. The molecule has 0 aromatic heterocycles. The zero-order chi connectivity index (χ0) is 13.7. The van der Waals surface area contributed by atoms with E-state index in [1.54, 1.807) is 0 Å². The van der Waals surface area contributed by atoms with Gasteiger partial charge in [0.25, 0.3) is 0 Å². The fourth-order valence-corrected chi connectivity index (χ4v) is 2.02. The summed E-state index contributed by atoms with van der Waals surface area (Å²) in [7, 11) is -10.1. The predicted molar refractivity (Wildman–Crippen MR) is 71.2 cm³/mol. The zero-order valence-corrected chi connectivity index (χ0v) is 19.2. The summed E-state index contributed by atoms with van der Waals surface area (Å²) in [5.41, 5.74) is 0. The van der Waals surface area contributed by atoms with Gasteiger partial charge in [-0.15, -0.1) is 11.5 Å². The molecule has 136 valence electrons. The SMILES string of the molecule is O.O.O.O.O=S(=O)([O-])OC(C[S-])NC(C[S-])OS(=O)(=O)[O-].[Na+].[Na+]. The van der Waals surface area contributed by atoms with Gasteiger partial charge in [0, 0.05) is 0 Å². The first kappa shape index (κ1) is 44.6. The molecular weight excluding hydrogens is 428 g/mol. The maximum atomic E-state index is 10.2. The van der Waals surface area contributed by atoms with Crippen molar-refractivity contribution in [2.24, 2.45) is 0 Å². The normalized spacial score (nSPS) is 12.3. The van der Waals surface area contributed by atoms with Gasteiger partial charge in [0.2, 0.25) is 20.8 Å². The number of hydrogen-bond donors (Lipinski definition) is 1. The van der Waals surface area contributed by atoms with E-state index in [0.717, 1.165) is 0 Å².